The third kappa shape index (κ3) is 5.31. The van der Waals surface area contributed by atoms with Gasteiger partial charge in [0.15, 0.2) is 5.82 Å². The highest BCUT2D eigenvalue weighted by Crippen LogP contribution is 2.34. The lowest BCUT2D eigenvalue weighted by molar-refractivity contribution is 0.0401. The van der Waals surface area contributed by atoms with Gasteiger partial charge in [0.25, 0.3) is 5.91 Å². The van der Waals surface area contributed by atoms with Gasteiger partial charge in [-0.05, 0) is 49.3 Å². The largest absolute Gasteiger partial charge is 0.392 e. The number of nitrogens with zero attached hydrogens (tertiary/aromatic N) is 4. The maximum absolute atomic E-state index is 14.4. The first-order chi connectivity index (χ1) is 15.8. The van der Waals surface area contributed by atoms with Crippen molar-refractivity contribution in [2.75, 3.05) is 18.0 Å². The maximum atomic E-state index is 14.4. The summed E-state index contributed by atoms with van der Waals surface area (Å²) < 4.78 is 33.9. The molecular weight excluding hydrogens is 432 g/mol. The SMILES string of the molecule is CC(C)c1noc(N2CCC(ON=C3CCC(c4cc(F)c(C(N)=O)cc4F)CC3)CC2)n1. The quantitative estimate of drug-likeness (QED) is 0.644. The number of amides is 1. The molecule has 10 heteroatoms. The average Bonchev–Trinajstić information content (AvgIpc) is 3.30. The number of primary amides is 1. The van der Waals surface area contributed by atoms with Crippen molar-refractivity contribution in [3.8, 4) is 0 Å². The van der Waals surface area contributed by atoms with E-state index in [1.54, 1.807) is 0 Å². The third-order valence-electron chi connectivity index (χ3n) is 6.35. The van der Waals surface area contributed by atoms with Crippen molar-refractivity contribution >= 4 is 17.6 Å². The van der Waals surface area contributed by atoms with Crippen LogP contribution in [-0.2, 0) is 4.84 Å². The van der Waals surface area contributed by atoms with E-state index in [1.165, 1.54) is 0 Å². The van der Waals surface area contributed by atoms with E-state index in [1.807, 2.05) is 13.8 Å². The van der Waals surface area contributed by atoms with E-state index in [4.69, 9.17) is 15.1 Å². The van der Waals surface area contributed by atoms with Crippen LogP contribution < -0.4 is 10.6 Å². The molecule has 0 unspecified atom stereocenters. The molecule has 4 rings (SSSR count). The van der Waals surface area contributed by atoms with Gasteiger partial charge in [-0.2, -0.15) is 4.98 Å². The third-order valence-corrected chi connectivity index (χ3v) is 6.35. The van der Waals surface area contributed by atoms with Crippen molar-refractivity contribution in [2.24, 2.45) is 10.9 Å². The van der Waals surface area contributed by atoms with Crippen LogP contribution >= 0.6 is 0 Å². The zero-order valence-corrected chi connectivity index (χ0v) is 18.9. The second-order valence-electron chi connectivity index (χ2n) is 9.03. The Kier molecular flexibility index (Phi) is 6.90. The minimum Gasteiger partial charge on any atom is -0.392 e. The molecule has 1 aliphatic carbocycles. The molecule has 1 saturated heterocycles. The Morgan fingerprint density at radius 1 is 1.18 bits per heavy atom. The Balaban J connectivity index is 1.26. The summed E-state index contributed by atoms with van der Waals surface area (Å²) >= 11 is 0. The molecule has 2 heterocycles. The van der Waals surface area contributed by atoms with Gasteiger partial charge >= 0.3 is 6.01 Å². The molecule has 8 nitrogen and oxygen atoms in total. The van der Waals surface area contributed by atoms with Crippen molar-refractivity contribution in [1.29, 1.82) is 0 Å². The number of aromatic nitrogens is 2. The number of hydrogen-bond acceptors (Lipinski definition) is 7. The number of piperidine rings is 1. The summed E-state index contributed by atoms with van der Waals surface area (Å²) in [5.41, 5.74) is 5.88. The number of benzene rings is 1. The molecule has 0 radical (unpaired) electrons. The van der Waals surface area contributed by atoms with E-state index in [-0.39, 0.29) is 23.5 Å². The van der Waals surface area contributed by atoms with E-state index in [0.29, 0.717) is 37.5 Å². The standard InChI is InChI=1S/C23H29F2N5O3/c1-13(2)22-27-23(33-29-22)30-9-7-16(8-10-30)32-28-15-5-3-14(4-6-15)17-11-20(25)18(21(26)31)12-19(17)24/h11-14,16H,3-10H2,1-2H3,(H2,26,31). The Hall–Kier alpha value is -3.04. The van der Waals surface area contributed by atoms with Crippen molar-refractivity contribution in [1.82, 2.24) is 10.1 Å². The van der Waals surface area contributed by atoms with Crippen molar-refractivity contribution < 1.29 is 22.9 Å². The molecule has 33 heavy (non-hydrogen) atoms. The molecule has 2 N–H and O–H groups in total. The summed E-state index contributed by atoms with van der Waals surface area (Å²) in [5.74, 6) is -1.56. The van der Waals surface area contributed by atoms with Crippen molar-refractivity contribution in [2.45, 2.75) is 70.3 Å². The number of carbonyl (C=O) groups excluding carboxylic acids is 1. The molecule has 0 bridgehead atoms. The van der Waals surface area contributed by atoms with Gasteiger partial charge in [0.05, 0.1) is 11.3 Å². The van der Waals surface area contributed by atoms with Gasteiger partial charge in [-0.15, -0.1) is 0 Å². The molecule has 0 spiro atoms. The Morgan fingerprint density at radius 2 is 1.88 bits per heavy atom. The summed E-state index contributed by atoms with van der Waals surface area (Å²) in [4.78, 5) is 23.5. The first kappa shape index (κ1) is 23.1. The number of nitrogens with two attached hydrogens (primary N) is 1. The first-order valence-corrected chi connectivity index (χ1v) is 11.4. The number of halogens is 2. The van der Waals surface area contributed by atoms with Crippen molar-refractivity contribution in [3.63, 3.8) is 0 Å². The number of carbonyl (C=O) groups is 1. The molecule has 1 amide bonds. The summed E-state index contributed by atoms with van der Waals surface area (Å²) in [7, 11) is 0. The van der Waals surface area contributed by atoms with Gasteiger partial charge in [-0.1, -0.05) is 24.2 Å². The Labute approximate surface area is 191 Å². The Morgan fingerprint density at radius 3 is 2.48 bits per heavy atom. The smallest absolute Gasteiger partial charge is 0.324 e. The first-order valence-electron chi connectivity index (χ1n) is 11.4. The molecule has 1 aromatic heterocycles. The maximum Gasteiger partial charge on any atom is 0.324 e. The lowest BCUT2D eigenvalue weighted by Crippen LogP contribution is -2.36. The topological polar surface area (TPSA) is 107 Å². The van der Waals surface area contributed by atoms with Crippen LogP contribution in [0.15, 0.2) is 21.8 Å². The molecule has 178 valence electrons. The van der Waals surface area contributed by atoms with Crippen LogP contribution in [-0.4, -0.2) is 41.0 Å². The van der Waals surface area contributed by atoms with Gasteiger partial charge in [0.1, 0.15) is 17.7 Å². The zero-order chi connectivity index (χ0) is 23.5. The van der Waals surface area contributed by atoms with Crippen LogP contribution in [0.3, 0.4) is 0 Å². The molecular formula is C23H29F2N5O3. The summed E-state index contributed by atoms with van der Waals surface area (Å²) in [6.45, 7) is 5.55. The highest BCUT2D eigenvalue weighted by molar-refractivity contribution is 5.93. The van der Waals surface area contributed by atoms with Crippen LogP contribution in [0.2, 0.25) is 0 Å². The fourth-order valence-electron chi connectivity index (χ4n) is 4.31. The molecule has 2 aromatic rings. The van der Waals surface area contributed by atoms with Gasteiger partial charge < -0.3 is 20.0 Å². The van der Waals surface area contributed by atoms with E-state index < -0.39 is 23.1 Å². The lowest BCUT2D eigenvalue weighted by Gasteiger charge is -2.29. The molecule has 0 atom stereocenters. The molecule has 1 saturated carbocycles. The molecule has 1 aromatic carbocycles. The van der Waals surface area contributed by atoms with Crippen LogP contribution in [0.1, 0.15) is 86.0 Å². The summed E-state index contributed by atoms with van der Waals surface area (Å²) in [6, 6.07) is 2.54. The van der Waals surface area contributed by atoms with Crippen LogP contribution in [0.25, 0.3) is 0 Å². The van der Waals surface area contributed by atoms with E-state index >= 15 is 0 Å². The number of oxime groups is 1. The fraction of sp³-hybridized carbons (Fsp3) is 0.565. The second-order valence-corrected chi connectivity index (χ2v) is 9.03. The minimum atomic E-state index is -0.976. The zero-order valence-electron chi connectivity index (χ0n) is 18.9. The molecule has 2 fully saturated rings. The normalized spacial score (nSPS) is 19.7. The average molecular weight is 462 g/mol. The number of hydrogen-bond donors (Lipinski definition) is 1. The number of anilines is 1. The predicted octanol–water partition coefficient (Wildman–Crippen LogP) is 4.27. The molecule has 1 aliphatic heterocycles. The monoisotopic (exact) mass is 461 g/mol. The fourth-order valence-corrected chi connectivity index (χ4v) is 4.31. The minimum absolute atomic E-state index is 0.0202. The predicted molar refractivity (Wildman–Crippen MR) is 118 cm³/mol. The highest BCUT2D eigenvalue weighted by Gasteiger charge is 2.27. The van der Waals surface area contributed by atoms with Gasteiger partial charge in [0, 0.05) is 31.8 Å². The van der Waals surface area contributed by atoms with E-state index in [0.717, 1.165) is 43.8 Å². The van der Waals surface area contributed by atoms with E-state index in [2.05, 4.69) is 20.2 Å². The van der Waals surface area contributed by atoms with Gasteiger partial charge in [-0.3, -0.25) is 4.79 Å². The van der Waals surface area contributed by atoms with Crippen LogP contribution in [0.5, 0.6) is 0 Å². The number of rotatable bonds is 6. The Bertz CT molecular complexity index is 1020. The van der Waals surface area contributed by atoms with Crippen molar-refractivity contribution in [3.05, 3.63) is 40.7 Å². The van der Waals surface area contributed by atoms with Gasteiger partial charge in [0.2, 0.25) is 0 Å². The van der Waals surface area contributed by atoms with E-state index in [9.17, 15) is 13.6 Å². The lowest BCUT2D eigenvalue weighted by atomic mass is 9.82. The highest BCUT2D eigenvalue weighted by atomic mass is 19.1. The summed E-state index contributed by atoms with van der Waals surface area (Å²) in [6.07, 6.45) is 4.21. The van der Waals surface area contributed by atoms with Gasteiger partial charge in [-0.25, -0.2) is 8.78 Å². The van der Waals surface area contributed by atoms with Crippen LogP contribution in [0.4, 0.5) is 14.8 Å². The molecule has 2 aliphatic rings. The summed E-state index contributed by atoms with van der Waals surface area (Å²) in [5, 5.41) is 8.37. The second kappa shape index (κ2) is 9.84. The van der Waals surface area contributed by atoms with Crippen LogP contribution in [0, 0.1) is 11.6 Å².